The minimum Gasteiger partial charge on any atom is -0.392 e. The molecule has 1 saturated heterocycles. The van der Waals surface area contributed by atoms with Gasteiger partial charge in [0, 0.05) is 18.1 Å². The summed E-state index contributed by atoms with van der Waals surface area (Å²) in [5.41, 5.74) is 1.06. The Morgan fingerprint density at radius 2 is 2.00 bits per heavy atom. The van der Waals surface area contributed by atoms with Gasteiger partial charge in [0.25, 0.3) is 0 Å². The Morgan fingerprint density at radius 3 is 2.53 bits per heavy atom. The van der Waals surface area contributed by atoms with Crippen LogP contribution in [-0.2, 0) is 10.0 Å². The van der Waals surface area contributed by atoms with Gasteiger partial charge in [-0.2, -0.15) is 4.31 Å². The Labute approximate surface area is 123 Å². The molecular weight excluding hydrogens is 309 g/mol. The van der Waals surface area contributed by atoms with Crippen LogP contribution in [0.3, 0.4) is 0 Å². The van der Waals surface area contributed by atoms with Gasteiger partial charge in [-0.05, 0) is 37.5 Å². The molecule has 0 amide bonds. The Bertz CT molecular complexity index is 590. The smallest absolute Gasteiger partial charge is 0.244 e. The summed E-state index contributed by atoms with van der Waals surface area (Å²) in [5, 5.41) is 10.1. The SMILES string of the molecule is Cc1cc(Cl)c(C)c(S(=O)(=O)N2CCC(O)C2)c1Cl. The maximum atomic E-state index is 12.6. The third kappa shape index (κ3) is 2.62. The fraction of sp³-hybridized carbons (Fsp3) is 0.500. The van der Waals surface area contributed by atoms with Crippen molar-refractivity contribution in [2.45, 2.75) is 31.3 Å². The summed E-state index contributed by atoms with van der Waals surface area (Å²) >= 11 is 12.2. The molecule has 0 saturated carbocycles. The number of aryl methyl sites for hydroxylation is 1. The number of nitrogens with zero attached hydrogens (tertiary/aromatic N) is 1. The molecule has 1 aliphatic rings. The normalized spacial score (nSPS) is 21.0. The summed E-state index contributed by atoms with van der Waals surface area (Å²) in [4.78, 5) is 0.0493. The van der Waals surface area contributed by atoms with Crippen molar-refractivity contribution in [2.24, 2.45) is 0 Å². The van der Waals surface area contributed by atoms with Crippen LogP contribution < -0.4 is 0 Å². The lowest BCUT2D eigenvalue weighted by Crippen LogP contribution is -2.30. The maximum Gasteiger partial charge on any atom is 0.244 e. The van der Waals surface area contributed by atoms with E-state index >= 15 is 0 Å². The molecule has 1 aromatic rings. The van der Waals surface area contributed by atoms with Crippen LogP contribution >= 0.6 is 23.2 Å². The fourth-order valence-corrected chi connectivity index (χ4v) is 4.84. The molecule has 1 aliphatic heterocycles. The molecule has 0 aliphatic carbocycles. The highest BCUT2D eigenvalue weighted by Crippen LogP contribution is 2.35. The summed E-state index contributed by atoms with van der Waals surface area (Å²) in [7, 11) is -3.72. The number of benzene rings is 1. The molecule has 1 unspecified atom stereocenters. The third-order valence-corrected chi connectivity index (χ3v) is 6.34. The predicted molar refractivity (Wildman–Crippen MR) is 75.3 cm³/mol. The van der Waals surface area contributed by atoms with Gasteiger partial charge in [-0.25, -0.2) is 8.42 Å². The number of rotatable bonds is 2. The van der Waals surface area contributed by atoms with Gasteiger partial charge in [0.2, 0.25) is 10.0 Å². The topological polar surface area (TPSA) is 57.6 Å². The standard InChI is InChI=1S/C12H15Cl2NO3S/c1-7-5-10(13)8(2)12(11(7)14)19(17,18)15-4-3-9(16)6-15/h5,9,16H,3-4,6H2,1-2H3. The van der Waals surface area contributed by atoms with E-state index in [9.17, 15) is 13.5 Å². The molecule has 7 heteroatoms. The van der Waals surface area contributed by atoms with E-state index in [4.69, 9.17) is 23.2 Å². The second-order valence-electron chi connectivity index (χ2n) is 4.75. The van der Waals surface area contributed by atoms with E-state index in [-0.39, 0.29) is 16.5 Å². The monoisotopic (exact) mass is 323 g/mol. The highest BCUT2D eigenvalue weighted by molar-refractivity contribution is 7.89. The Hall–Kier alpha value is -0.330. The van der Waals surface area contributed by atoms with Crippen LogP contribution in [0.4, 0.5) is 0 Å². The highest BCUT2D eigenvalue weighted by atomic mass is 35.5. The Balaban J connectivity index is 2.58. The number of aliphatic hydroxyl groups is 1. The van der Waals surface area contributed by atoms with Crippen LogP contribution in [0.15, 0.2) is 11.0 Å². The van der Waals surface area contributed by atoms with E-state index in [0.29, 0.717) is 29.1 Å². The highest BCUT2D eigenvalue weighted by Gasteiger charge is 2.34. The number of β-amino-alcohol motifs (C(OH)–C–C–N with tert-alkyl or cyclic N) is 1. The van der Waals surface area contributed by atoms with Gasteiger partial charge in [-0.3, -0.25) is 0 Å². The first-order valence-corrected chi connectivity index (χ1v) is 8.08. The van der Waals surface area contributed by atoms with Crippen LogP contribution in [0.1, 0.15) is 17.5 Å². The molecule has 0 spiro atoms. The van der Waals surface area contributed by atoms with E-state index in [2.05, 4.69) is 0 Å². The first kappa shape index (κ1) is 15.1. The van der Waals surface area contributed by atoms with Crippen molar-refractivity contribution < 1.29 is 13.5 Å². The Morgan fingerprint density at radius 1 is 1.37 bits per heavy atom. The average Bonchev–Trinajstić information content (AvgIpc) is 2.74. The molecule has 1 fully saturated rings. The van der Waals surface area contributed by atoms with Gasteiger partial charge in [-0.15, -0.1) is 0 Å². The Kier molecular flexibility index (Phi) is 4.14. The lowest BCUT2D eigenvalue weighted by Gasteiger charge is -2.20. The number of sulfonamides is 1. The van der Waals surface area contributed by atoms with Crippen molar-refractivity contribution in [3.63, 3.8) is 0 Å². The van der Waals surface area contributed by atoms with Crippen LogP contribution in [0.2, 0.25) is 10.0 Å². The molecule has 1 aromatic carbocycles. The van der Waals surface area contributed by atoms with Crippen molar-refractivity contribution in [1.82, 2.24) is 4.31 Å². The number of hydrogen-bond acceptors (Lipinski definition) is 3. The molecule has 0 bridgehead atoms. The zero-order chi connectivity index (χ0) is 14.4. The summed E-state index contributed by atoms with van der Waals surface area (Å²) in [6, 6.07) is 1.65. The summed E-state index contributed by atoms with van der Waals surface area (Å²) in [6.07, 6.45) is -0.177. The van der Waals surface area contributed by atoms with Crippen molar-refractivity contribution in [2.75, 3.05) is 13.1 Å². The van der Waals surface area contributed by atoms with Gasteiger partial charge in [0.1, 0.15) is 4.90 Å². The number of aliphatic hydroxyl groups excluding tert-OH is 1. The van der Waals surface area contributed by atoms with Crippen molar-refractivity contribution in [1.29, 1.82) is 0 Å². The molecule has 19 heavy (non-hydrogen) atoms. The molecule has 106 valence electrons. The van der Waals surface area contributed by atoms with Gasteiger partial charge in [-0.1, -0.05) is 23.2 Å². The first-order chi connectivity index (χ1) is 8.75. The third-order valence-electron chi connectivity index (χ3n) is 3.31. The van der Waals surface area contributed by atoms with Crippen molar-refractivity contribution >= 4 is 33.2 Å². The van der Waals surface area contributed by atoms with E-state index in [1.807, 2.05) is 0 Å². The molecular formula is C12H15Cl2NO3S. The molecule has 0 radical (unpaired) electrons. The lowest BCUT2D eigenvalue weighted by atomic mass is 10.2. The molecule has 2 rings (SSSR count). The fourth-order valence-electron chi connectivity index (χ4n) is 2.18. The van der Waals surface area contributed by atoms with E-state index < -0.39 is 16.1 Å². The molecule has 1 atom stereocenters. The number of hydrogen-bond donors (Lipinski definition) is 1. The minimum absolute atomic E-state index is 0.0493. The van der Waals surface area contributed by atoms with Crippen molar-refractivity contribution in [3.8, 4) is 0 Å². The van der Waals surface area contributed by atoms with E-state index in [1.54, 1.807) is 19.9 Å². The van der Waals surface area contributed by atoms with Crippen LogP contribution in [0.25, 0.3) is 0 Å². The molecule has 1 N–H and O–H groups in total. The van der Waals surface area contributed by atoms with Gasteiger partial charge < -0.3 is 5.11 Å². The zero-order valence-corrected chi connectivity index (χ0v) is 13.0. The van der Waals surface area contributed by atoms with Crippen molar-refractivity contribution in [3.05, 3.63) is 27.2 Å². The van der Waals surface area contributed by atoms with E-state index in [1.165, 1.54) is 4.31 Å². The second kappa shape index (κ2) is 5.22. The van der Waals surface area contributed by atoms with E-state index in [0.717, 1.165) is 0 Å². The molecule has 1 heterocycles. The maximum absolute atomic E-state index is 12.6. The molecule has 4 nitrogen and oxygen atoms in total. The summed E-state index contributed by atoms with van der Waals surface area (Å²) in [5.74, 6) is 0. The van der Waals surface area contributed by atoms with Crippen LogP contribution in [-0.4, -0.2) is 37.0 Å². The summed E-state index contributed by atoms with van der Waals surface area (Å²) in [6.45, 7) is 3.74. The quantitative estimate of drug-likeness (QED) is 0.909. The number of halogens is 2. The predicted octanol–water partition coefficient (Wildman–Crippen LogP) is 2.37. The summed E-state index contributed by atoms with van der Waals surface area (Å²) < 4.78 is 26.4. The van der Waals surface area contributed by atoms with Crippen LogP contribution in [0.5, 0.6) is 0 Å². The van der Waals surface area contributed by atoms with Gasteiger partial charge in [0.15, 0.2) is 0 Å². The second-order valence-corrected chi connectivity index (χ2v) is 7.41. The zero-order valence-electron chi connectivity index (χ0n) is 10.7. The largest absolute Gasteiger partial charge is 0.392 e. The minimum atomic E-state index is -3.72. The molecule has 0 aromatic heterocycles. The first-order valence-electron chi connectivity index (χ1n) is 5.88. The average molecular weight is 324 g/mol. The van der Waals surface area contributed by atoms with Gasteiger partial charge in [0.05, 0.1) is 11.1 Å². The van der Waals surface area contributed by atoms with Gasteiger partial charge >= 0.3 is 0 Å². The lowest BCUT2D eigenvalue weighted by molar-refractivity contribution is 0.189. The van der Waals surface area contributed by atoms with Crippen LogP contribution in [0, 0.1) is 13.8 Å².